The van der Waals surface area contributed by atoms with Crippen molar-refractivity contribution >= 4 is 22.8 Å². The number of nitrogens with one attached hydrogen (secondary N) is 1. The Hall–Kier alpha value is -4.04. The Balaban J connectivity index is 2.00. The second kappa shape index (κ2) is 7.68. The number of carbonyl (C=O) groups is 1. The number of fused-ring (bicyclic) bond motifs is 1. The van der Waals surface area contributed by atoms with Crippen molar-refractivity contribution < 1.29 is 4.79 Å². The van der Waals surface area contributed by atoms with E-state index in [-0.39, 0.29) is 5.82 Å². The van der Waals surface area contributed by atoms with Crippen molar-refractivity contribution in [2.24, 2.45) is 0 Å². The number of pyridine rings is 2. The monoisotopic (exact) mass is 371 g/mol. The molecule has 3 aromatic rings. The lowest BCUT2D eigenvalue weighted by Gasteiger charge is -2.06. The molecule has 0 bridgehead atoms. The summed E-state index contributed by atoms with van der Waals surface area (Å²) in [5, 5.41) is 11.4. The Kier molecular flexibility index (Phi) is 5.14. The summed E-state index contributed by atoms with van der Waals surface area (Å²) in [6.07, 6.45) is 4.52. The first-order chi connectivity index (χ1) is 13.4. The Bertz CT molecular complexity index is 1180. The van der Waals surface area contributed by atoms with Crippen LogP contribution in [0.25, 0.3) is 11.0 Å². The SMILES string of the molecule is Cc1nc2cnc(N)c(C#Cc3cncc(C(=O)N[C@H](C)C#N)c3)c2nc1C. The average Bonchev–Trinajstić information content (AvgIpc) is 2.68. The number of nitrogen functional groups attached to an aromatic ring is 1. The highest BCUT2D eigenvalue weighted by Crippen LogP contribution is 2.19. The molecular formula is C20H17N7O. The molecule has 3 N–H and O–H groups in total. The molecular weight excluding hydrogens is 354 g/mol. The molecule has 0 aromatic carbocycles. The topological polar surface area (TPSA) is 130 Å². The summed E-state index contributed by atoms with van der Waals surface area (Å²) >= 11 is 0. The highest BCUT2D eigenvalue weighted by molar-refractivity contribution is 5.94. The van der Waals surface area contributed by atoms with Crippen molar-refractivity contribution in [1.82, 2.24) is 25.3 Å². The minimum absolute atomic E-state index is 0.252. The third-order valence-electron chi connectivity index (χ3n) is 4.03. The van der Waals surface area contributed by atoms with Crippen molar-refractivity contribution in [2.45, 2.75) is 26.8 Å². The summed E-state index contributed by atoms with van der Waals surface area (Å²) in [4.78, 5) is 29.3. The van der Waals surface area contributed by atoms with Crippen LogP contribution in [0.3, 0.4) is 0 Å². The van der Waals surface area contributed by atoms with Gasteiger partial charge in [0.05, 0.1) is 34.8 Å². The number of nitriles is 1. The highest BCUT2D eigenvalue weighted by Gasteiger charge is 2.11. The predicted octanol–water partition coefficient (Wildman–Crippen LogP) is 1.66. The molecule has 3 rings (SSSR count). The van der Waals surface area contributed by atoms with Gasteiger partial charge in [0.25, 0.3) is 5.91 Å². The van der Waals surface area contributed by atoms with Gasteiger partial charge in [0.1, 0.15) is 22.9 Å². The zero-order chi connectivity index (χ0) is 20.3. The van der Waals surface area contributed by atoms with Gasteiger partial charge in [-0.05, 0) is 26.8 Å². The van der Waals surface area contributed by atoms with Crippen LogP contribution in [0.1, 0.15) is 39.8 Å². The number of nitrogens with two attached hydrogens (primary N) is 1. The van der Waals surface area contributed by atoms with E-state index in [1.807, 2.05) is 19.9 Å². The Morgan fingerprint density at radius 2 is 1.93 bits per heavy atom. The van der Waals surface area contributed by atoms with Crippen LogP contribution in [-0.4, -0.2) is 31.9 Å². The molecule has 0 saturated heterocycles. The lowest BCUT2D eigenvalue weighted by molar-refractivity contribution is 0.0947. The number of anilines is 1. The number of aromatic nitrogens is 4. The molecule has 1 amide bonds. The van der Waals surface area contributed by atoms with Crippen LogP contribution in [0.2, 0.25) is 0 Å². The molecule has 0 spiro atoms. The van der Waals surface area contributed by atoms with E-state index in [0.29, 0.717) is 27.7 Å². The fraction of sp³-hybridized carbons (Fsp3) is 0.200. The Labute approximate surface area is 161 Å². The molecule has 1 atom stereocenters. The zero-order valence-electron chi connectivity index (χ0n) is 15.6. The fourth-order valence-corrected chi connectivity index (χ4v) is 2.41. The summed E-state index contributed by atoms with van der Waals surface area (Å²) in [6.45, 7) is 5.33. The van der Waals surface area contributed by atoms with Gasteiger partial charge in [-0.1, -0.05) is 11.8 Å². The van der Waals surface area contributed by atoms with E-state index in [0.717, 1.165) is 11.4 Å². The van der Waals surface area contributed by atoms with Crippen LogP contribution in [0.4, 0.5) is 5.82 Å². The van der Waals surface area contributed by atoms with Gasteiger partial charge < -0.3 is 11.1 Å². The second-order valence-electron chi connectivity index (χ2n) is 6.18. The highest BCUT2D eigenvalue weighted by atomic mass is 16.1. The van der Waals surface area contributed by atoms with E-state index in [4.69, 9.17) is 11.0 Å². The molecule has 8 heteroatoms. The number of aryl methyl sites for hydroxylation is 2. The molecule has 138 valence electrons. The van der Waals surface area contributed by atoms with Gasteiger partial charge in [0.15, 0.2) is 0 Å². The van der Waals surface area contributed by atoms with Crippen LogP contribution < -0.4 is 11.1 Å². The van der Waals surface area contributed by atoms with Crippen molar-refractivity contribution in [3.8, 4) is 17.9 Å². The lowest BCUT2D eigenvalue weighted by atomic mass is 10.1. The number of rotatable bonds is 2. The molecule has 0 fully saturated rings. The first-order valence-electron chi connectivity index (χ1n) is 8.46. The number of amides is 1. The summed E-state index contributed by atoms with van der Waals surface area (Å²) in [5.74, 6) is 5.78. The van der Waals surface area contributed by atoms with Crippen molar-refractivity contribution in [3.63, 3.8) is 0 Å². The first-order valence-corrected chi connectivity index (χ1v) is 8.46. The van der Waals surface area contributed by atoms with Crippen molar-refractivity contribution in [2.75, 3.05) is 5.73 Å². The number of hydrogen-bond donors (Lipinski definition) is 2. The normalized spacial score (nSPS) is 11.2. The van der Waals surface area contributed by atoms with E-state index >= 15 is 0 Å². The van der Waals surface area contributed by atoms with Crippen LogP contribution in [-0.2, 0) is 0 Å². The van der Waals surface area contributed by atoms with E-state index in [1.165, 1.54) is 12.4 Å². The lowest BCUT2D eigenvalue weighted by Crippen LogP contribution is -2.31. The molecule has 8 nitrogen and oxygen atoms in total. The summed E-state index contributed by atoms with van der Waals surface area (Å²) in [7, 11) is 0. The summed E-state index contributed by atoms with van der Waals surface area (Å²) in [6, 6.07) is 2.93. The number of hydrogen-bond acceptors (Lipinski definition) is 7. The number of carbonyl (C=O) groups excluding carboxylic acids is 1. The van der Waals surface area contributed by atoms with E-state index in [2.05, 4.69) is 37.1 Å². The Morgan fingerprint density at radius 3 is 2.68 bits per heavy atom. The summed E-state index contributed by atoms with van der Waals surface area (Å²) < 4.78 is 0. The Morgan fingerprint density at radius 1 is 1.18 bits per heavy atom. The maximum absolute atomic E-state index is 12.1. The molecule has 0 saturated carbocycles. The van der Waals surface area contributed by atoms with E-state index in [9.17, 15) is 4.79 Å². The molecule has 0 aliphatic heterocycles. The minimum Gasteiger partial charge on any atom is -0.383 e. The van der Waals surface area contributed by atoms with Gasteiger partial charge in [-0.2, -0.15) is 5.26 Å². The average molecular weight is 371 g/mol. The van der Waals surface area contributed by atoms with Crippen LogP contribution >= 0.6 is 0 Å². The maximum atomic E-state index is 12.1. The van der Waals surface area contributed by atoms with Crippen LogP contribution in [0, 0.1) is 37.0 Å². The first kappa shape index (κ1) is 18.7. The van der Waals surface area contributed by atoms with Crippen LogP contribution in [0.5, 0.6) is 0 Å². The largest absolute Gasteiger partial charge is 0.383 e. The fourth-order valence-electron chi connectivity index (χ4n) is 2.41. The van der Waals surface area contributed by atoms with Gasteiger partial charge in [-0.25, -0.2) is 15.0 Å². The van der Waals surface area contributed by atoms with Gasteiger partial charge >= 0.3 is 0 Å². The number of nitrogens with zero attached hydrogens (tertiary/aromatic N) is 5. The van der Waals surface area contributed by atoms with Crippen molar-refractivity contribution in [3.05, 3.63) is 52.7 Å². The van der Waals surface area contributed by atoms with Gasteiger partial charge in [0.2, 0.25) is 0 Å². The molecule has 0 radical (unpaired) electrons. The second-order valence-corrected chi connectivity index (χ2v) is 6.18. The van der Waals surface area contributed by atoms with E-state index < -0.39 is 11.9 Å². The zero-order valence-corrected chi connectivity index (χ0v) is 15.6. The predicted molar refractivity (Wildman–Crippen MR) is 104 cm³/mol. The molecule has 0 aliphatic rings. The standard InChI is InChI=1S/C20H17N7O/c1-11(7-21)25-20(28)15-6-14(8-23-9-15)4-5-16-18-17(10-24-19(16)22)26-12(2)13(3)27-18/h6,8-11H,1-3H3,(H2,22,24)(H,25,28)/t11-/m1/s1. The van der Waals surface area contributed by atoms with Gasteiger partial charge in [0, 0.05) is 18.0 Å². The van der Waals surface area contributed by atoms with E-state index in [1.54, 1.807) is 19.2 Å². The van der Waals surface area contributed by atoms with Gasteiger partial charge in [-0.3, -0.25) is 9.78 Å². The van der Waals surface area contributed by atoms with Crippen LogP contribution in [0.15, 0.2) is 24.7 Å². The third-order valence-corrected chi connectivity index (χ3v) is 4.03. The molecule has 0 unspecified atom stereocenters. The minimum atomic E-state index is -0.603. The molecule has 28 heavy (non-hydrogen) atoms. The smallest absolute Gasteiger partial charge is 0.253 e. The molecule has 3 heterocycles. The summed E-state index contributed by atoms with van der Waals surface area (Å²) in [5.41, 5.74) is 10.1. The van der Waals surface area contributed by atoms with Gasteiger partial charge in [-0.15, -0.1) is 0 Å². The molecule has 0 aliphatic carbocycles. The maximum Gasteiger partial charge on any atom is 0.253 e. The quantitative estimate of drug-likeness (QED) is 0.655. The van der Waals surface area contributed by atoms with Crippen molar-refractivity contribution in [1.29, 1.82) is 5.26 Å². The molecule has 3 aromatic heterocycles. The third kappa shape index (κ3) is 3.87.